The second-order valence-electron chi connectivity index (χ2n) is 7.05. The summed E-state index contributed by atoms with van der Waals surface area (Å²) in [6.45, 7) is 2.23. The molecule has 162 valence electrons. The molecule has 0 aliphatic carbocycles. The molecule has 5 N–H and O–H groups in total. The number of carbonyl (C=O) groups excluding carboxylic acids is 1. The highest BCUT2D eigenvalue weighted by Crippen LogP contribution is 2.21. The number of amides is 1. The van der Waals surface area contributed by atoms with Crippen molar-refractivity contribution in [3.8, 4) is 17.3 Å². The minimum atomic E-state index is -0.603. The highest BCUT2D eigenvalue weighted by atomic mass is 16.6. The maximum Gasteiger partial charge on any atom is 0.292 e. The minimum Gasteiger partial charge on any atom is -0.508 e. The molecule has 0 atom stereocenters. The number of carbonyl (C=O) groups is 1. The van der Waals surface area contributed by atoms with Gasteiger partial charge >= 0.3 is 0 Å². The number of aromatic hydroxyl groups is 2. The molecule has 2 aromatic heterocycles. The Kier molecular flexibility index (Phi) is 5.75. The first-order valence-electron chi connectivity index (χ1n) is 9.63. The number of hydrazone groups is 1. The number of anilines is 1. The molecule has 1 aliphatic heterocycles. The first-order valence-corrected chi connectivity index (χ1v) is 9.63. The van der Waals surface area contributed by atoms with Gasteiger partial charge in [0.2, 0.25) is 11.6 Å². The van der Waals surface area contributed by atoms with E-state index in [1.54, 1.807) is 0 Å². The van der Waals surface area contributed by atoms with E-state index in [0.717, 1.165) is 30.6 Å². The second kappa shape index (κ2) is 8.79. The molecule has 0 spiro atoms. The Morgan fingerprint density at radius 3 is 2.77 bits per heavy atom. The number of piperidine rings is 1. The second-order valence-corrected chi connectivity index (χ2v) is 7.05. The molecule has 1 saturated heterocycles. The molecule has 4 rings (SSSR count). The van der Waals surface area contributed by atoms with Gasteiger partial charge in [0.25, 0.3) is 5.91 Å². The molecule has 0 saturated carbocycles. The van der Waals surface area contributed by atoms with Crippen LogP contribution in [0.5, 0.6) is 11.5 Å². The molecule has 13 heteroatoms. The van der Waals surface area contributed by atoms with Gasteiger partial charge in [0, 0.05) is 18.2 Å². The van der Waals surface area contributed by atoms with Gasteiger partial charge in [0.15, 0.2) is 5.69 Å². The van der Waals surface area contributed by atoms with Gasteiger partial charge < -0.3 is 15.9 Å². The van der Waals surface area contributed by atoms with E-state index in [4.69, 9.17) is 5.73 Å². The van der Waals surface area contributed by atoms with Gasteiger partial charge in [0.1, 0.15) is 17.2 Å². The van der Waals surface area contributed by atoms with Crippen LogP contribution in [-0.4, -0.2) is 65.6 Å². The summed E-state index contributed by atoms with van der Waals surface area (Å²) < 4.78 is 5.78. The Morgan fingerprint density at radius 1 is 1.26 bits per heavy atom. The number of rotatable bonds is 6. The zero-order chi connectivity index (χ0) is 21.8. The Labute approximate surface area is 176 Å². The van der Waals surface area contributed by atoms with Crippen LogP contribution in [0.25, 0.3) is 5.82 Å². The van der Waals surface area contributed by atoms with E-state index in [0.29, 0.717) is 17.8 Å². The zero-order valence-electron chi connectivity index (χ0n) is 16.5. The van der Waals surface area contributed by atoms with Crippen molar-refractivity contribution >= 4 is 17.9 Å². The molecule has 0 unspecified atom stereocenters. The van der Waals surface area contributed by atoms with Crippen molar-refractivity contribution in [1.29, 1.82) is 0 Å². The van der Waals surface area contributed by atoms with Crippen molar-refractivity contribution in [2.45, 2.75) is 25.8 Å². The number of benzene rings is 1. The average molecular weight is 427 g/mol. The van der Waals surface area contributed by atoms with E-state index in [-0.39, 0.29) is 28.8 Å². The van der Waals surface area contributed by atoms with Gasteiger partial charge in [-0.05, 0) is 48.4 Å². The fraction of sp³-hybridized carbons (Fsp3) is 0.333. The number of hydrogen-bond donors (Lipinski definition) is 4. The van der Waals surface area contributed by atoms with Crippen LogP contribution in [0.3, 0.4) is 0 Å². The van der Waals surface area contributed by atoms with E-state index in [2.05, 4.69) is 40.7 Å². The van der Waals surface area contributed by atoms with Crippen molar-refractivity contribution in [2.24, 2.45) is 5.10 Å². The van der Waals surface area contributed by atoms with Crippen molar-refractivity contribution in [3.63, 3.8) is 0 Å². The van der Waals surface area contributed by atoms with Crippen LogP contribution < -0.4 is 11.2 Å². The number of phenolic OH excluding ortho intramolecular Hbond substituents is 2. The summed E-state index contributed by atoms with van der Waals surface area (Å²) in [6.07, 6.45) is 4.58. The van der Waals surface area contributed by atoms with Gasteiger partial charge in [-0.3, -0.25) is 9.69 Å². The molecule has 0 radical (unpaired) electrons. The first-order chi connectivity index (χ1) is 15.0. The van der Waals surface area contributed by atoms with Crippen LogP contribution in [0.15, 0.2) is 27.9 Å². The maximum absolute atomic E-state index is 13.0. The molecular weight excluding hydrogens is 406 g/mol. The molecule has 3 heterocycles. The smallest absolute Gasteiger partial charge is 0.292 e. The van der Waals surface area contributed by atoms with Crippen LogP contribution in [0.2, 0.25) is 0 Å². The number of aromatic nitrogens is 5. The summed E-state index contributed by atoms with van der Waals surface area (Å²) in [4.78, 5) is 15.1. The van der Waals surface area contributed by atoms with Crippen molar-refractivity contribution in [2.75, 3.05) is 18.8 Å². The normalized spacial score (nSPS) is 14.8. The molecule has 1 fully saturated rings. The molecule has 31 heavy (non-hydrogen) atoms. The van der Waals surface area contributed by atoms with E-state index < -0.39 is 5.91 Å². The highest BCUT2D eigenvalue weighted by Gasteiger charge is 2.26. The number of likely N-dealkylation sites (tertiary alicyclic amines) is 1. The quantitative estimate of drug-likeness (QED) is 0.317. The van der Waals surface area contributed by atoms with E-state index >= 15 is 0 Å². The summed E-state index contributed by atoms with van der Waals surface area (Å²) in [6, 6.07) is 4.01. The summed E-state index contributed by atoms with van der Waals surface area (Å²) in [5.74, 6) is -0.871. The summed E-state index contributed by atoms with van der Waals surface area (Å²) >= 11 is 0. The standard InChI is InChI=1S/C18H21N9O4/c19-16-17(24-31-23-16)27-15(13(21-25-27)10-26-6-2-1-3-7-26)18(30)22-20-9-11-4-5-12(28)8-14(11)29/h4-5,8-9,28-29H,1-3,6-7,10H2,(H2,19,23)(H,22,30)/b20-9-. The Hall–Kier alpha value is -4.00. The van der Waals surface area contributed by atoms with Crippen LogP contribution in [0.4, 0.5) is 5.82 Å². The number of hydrogen-bond acceptors (Lipinski definition) is 11. The number of nitrogens with two attached hydrogens (primary N) is 1. The number of nitrogen functional groups attached to an aromatic ring is 1. The lowest BCUT2D eigenvalue weighted by atomic mass is 10.1. The SMILES string of the molecule is Nc1nonc1-n1nnc(CN2CCCCC2)c1C(=O)N/N=C\c1ccc(O)cc1O. The average Bonchev–Trinajstić information content (AvgIpc) is 3.36. The summed E-state index contributed by atoms with van der Waals surface area (Å²) in [7, 11) is 0. The van der Waals surface area contributed by atoms with Crippen LogP contribution in [-0.2, 0) is 6.54 Å². The van der Waals surface area contributed by atoms with Crippen molar-refractivity contribution < 1.29 is 19.6 Å². The predicted octanol–water partition coefficient (Wildman–Crippen LogP) is 0.394. The molecule has 1 aromatic carbocycles. The number of nitrogens with one attached hydrogen (secondary N) is 1. The molecular formula is C18H21N9O4. The summed E-state index contributed by atoms with van der Waals surface area (Å²) in [5, 5.41) is 38.5. The molecule has 13 nitrogen and oxygen atoms in total. The third-order valence-electron chi connectivity index (χ3n) is 4.86. The fourth-order valence-electron chi connectivity index (χ4n) is 3.32. The number of nitrogens with zero attached hydrogens (tertiary/aromatic N) is 7. The van der Waals surface area contributed by atoms with Gasteiger partial charge in [0.05, 0.1) is 6.21 Å². The minimum absolute atomic E-state index is 0.0408. The topological polar surface area (TPSA) is 181 Å². The highest BCUT2D eigenvalue weighted by molar-refractivity contribution is 5.95. The maximum atomic E-state index is 13.0. The van der Waals surface area contributed by atoms with E-state index in [9.17, 15) is 15.0 Å². The molecule has 0 bridgehead atoms. The van der Waals surface area contributed by atoms with Gasteiger partial charge in [-0.2, -0.15) is 9.78 Å². The van der Waals surface area contributed by atoms with Crippen LogP contribution in [0, 0.1) is 0 Å². The zero-order valence-corrected chi connectivity index (χ0v) is 16.5. The van der Waals surface area contributed by atoms with Gasteiger partial charge in [-0.25, -0.2) is 10.1 Å². The predicted molar refractivity (Wildman–Crippen MR) is 108 cm³/mol. The molecule has 1 amide bonds. The lowest BCUT2D eigenvalue weighted by Gasteiger charge is -2.25. The Morgan fingerprint density at radius 2 is 2.06 bits per heavy atom. The number of phenols is 2. The largest absolute Gasteiger partial charge is 0.508 e. The molecule has 1 aliphatic rings. The Balaban J connectivity index is 1.59. The lowest BCUT2D eigenvalue weighted by Crippen LogP contribution is -2.31. The van der Waals surface area contributed by atoms with Crippen LogP contribution >= 0.6 is 0 Å². The monoisotopic (exact) mass is 427 g/mol. The van der Waals surface area contributed by atoms with Crippen LogP contribution in [0.1, 0.15) is 41.0 Å². The first kappa shape index (κ1) is 20.3. The third kappa shape index (κ3) is 4.45. The molecule has 3 aromatic rings. The van der Waals surface area contributed by atoms with Gasteiger partial charge in [-0.15, -0.1) is 5.10 Å². The van der Waals surface area contributed by atoms with E-state index in [1.807, 2.05) is 0 Å². The van der Waals surface area contributed by atoms with Gasteiger partial charge in [-0.1, -0.05) is 11.6 Å². The fourth-order valence-corrected chi connectivity index (χ4v) is 3.32. The summed E-state index contributed by atoms with van der Waals surface area (Å²) in [5.41, 5.74) is 9.00. The van der Waals surface area contributed by atoms with Crippen molar-refractivity contribution in [1.82, 2.24) is 35.6 Å². The Bertz CT molecular complexity index is 1100. The van der Waals surface area contributed by atoms with E-state index in [1.165, 1.54) is 30.8 Å². The van der Waals surface area contributed by atoms with Crippen molar-refractivity contribution in [3.05, 3.63) is 35.2 Å². The third-order valence-corrected chi connectivity index (χ3v) is 4.86. The lowest BCUT2D eigenvalue weighted by molar-refractivity contribution is 0.0944.